The topological polar surface area (TPSA) is 82.4 Å². The lowest BCUT2D eigenvalue weighted by atomic mass is 10.1. The van der Waals surface area contributed by atoms with Crippen LogP contribution in [0.5, 0.6) is 0 Å². The fourth-order valence-electron chi connectivity index (χ4n) is 2.92. The second kappa shape index (κ2) is 6.76. The van der Waals surface area contributed by atoms with Crippen LogP contribution in [0.15, 0.2) is 53.6 Å². The van der Waals surface area contributed by atoms with E-state index in [1.807, 2.05) is 31.2 Å². The van der Waals surface area contributed by atoms with Crippen molar-refractivity contribution in [2.24, 2.45) is 0 Å². The minimum Gasteiger partial charge on any atom is -0.342 e. The van der Waals surface area contributed by atoms with Gasteiger partial charge in [-0.1, -0.05) is 48.0 Å². The Kier molecular flexibility index (Phi) is 4.65. The van der Waals surface area contributed by atoms with Crippen molar-refractivity contribution in [1.29, 1.82) is 0 Å². The van der Waals surface area contributed by atoms with Gasteiger partial charge in [0.25, 0.3) is 0 Å². The fourth-order valence-corrected chi connectivity index (χ4v) is 4.17. The number of carbonyl (C=O) groups excluding carboxylic acids is 2. The summed E-state index contributed by atoms with van der Waals surface area (Å²) < 4.78 is 31.3. The maximum absolute atomic E-state index is 12.6. The Balaban J connectivity index is 2.28. The van der Waals surface area contributed by atoms with Crippen LogP contribution in [-0.4, -0.2) is 25.2 Å². The van der Waals surface area contributed by atoms with E-state index < -0.39 is 16.1 Å². The molecule has 0 unspecified atom stereocenters. The number of benzene rings is 2. The molecular formula is C19H17NO5S. The zero-order valence-electron chi connectivity index (χ0n) is 14.3. The summed E-state index contributed by atoms with van der Waals surface area (Å²) in [4.78, 5) is 22.9. The van der Waals surface area contributed by atoms with Crippen molar-refractivity contribution < 1.29 is 22.2 Å². The van der Waals surface area contributed by atoms with Crippen molar-refractivity contribution in [1.82, 2.24) is 4.57 Å². The van der Waals surface area contributed by atoms with Gasteiger partial charge in [-0.05, 0) is 18.6 Å². The predicted molar refractivity (Wildman–Crippen MR) is 96.6 cm³/mol. The number of aryl methyl sites for hydroxylation is 1. The third-order valence-corrected chi connectivity index (χ3v) is 5.37. The van der Waals surface area contributed by atoms with Gasteiger partial charge in [-0.2, -0.15) is 8.42 Å². The zero-order chi connectivity index (χ0) is 18.9. The Morgan fingerprint density at radius 3 is 2.38 bits per heavy atom. The molecule has 0 spiro atoms. The summed E-state index contributed by atoms with van der Waals surface area (Å²) in [6.07, 6.45) is 0.477. The molecule has 3 rings (SSSR count). The molecule has 0 bridgehead atoms. The quantitative estimate of drug-likeness (QED) is 0.508. The molecule has 26 heavy (non-hydrogen) atoms. The van der Waals surface area contributed by atoms with Crippen LogP contribution >= 0.6 is 0 Å². The molecule has 0 amide bonds. The Morgan fingerprint density at radius 1 is 1.12 bits per heavy atom. The summed E-state index contributed by atoms with van der Waals surface area (Å²) in [5, 5.41) is 0.171. The lowest BCUT2D eigenvalue weighted by Gasteiger charge is -2.11. The Labute approximate surface area is 151 Å². The van der Waals surface area contributed by atoms with Crippen molar-refractivity contribution in [2.45, 2.75) is 25.4 Å². The van der Waals surface area contributed by atoms with E-state index in [0.717, 1.165) is 18.1 Å². The summed E-state index contributed by atoms with van der Waals surface area (Å²) >= 11 is 0. The minimum atomic E-state index is -4.44. The van der Waals surface area contributed by atoms with Crippen LogP contribution in [0.4, 0.5) is 0 Å². The highest BCUT2D eigenvalue weighted by Crippen LogP contribution is 2.30. The van der Waals surface area contributed by atoms with E-state index in [1.54, 1.807) is 24.3 Å². The number of hydrogen-bond donors (Lipinski definition) is 0. The van der Waals surface area contributed by atoms with Gasteiger partial charge in [-0.25, -0.2) is 0 Å². The Bertz CT molecular complexity index is 1090. The van der Waals surface area contributed by atoms with E-state index in [4.69, 9.17) is 0 Å². The molecule has 1 aromatic heterocycles. The van der Waals surface area contributed by atoms with Crippen molar-refractivity contribution >= 4 is 33.3 Å². The third kappa shape index (κ3) is 3.25. The maximum atomic E-state index is 12.6. The second-order valence-corrected chi connectivity index (χ2v) is 7.42. The van der Waals surface area contributed by atoms with Crippen LogP contribution in [0.1, 0.15) is 28.4 Å². The molecule has 0 N–H and O–H groups in total. The summed E-state index contributed by atoms with van der Waals surface area (Å²) in [7, 11) is -4.44. The Hall–Kier alpha value is -2.93. The predicted octanol–water partition coefficient (Wildman–Crippen LogP) is 3.06. The smallest absolute Gasteiger partial charge is 0.342 e. The van der Waals surface area contributed by atoms with Crippen molar-refractivity contribution in [2.75, 3.05) is 0 Å². The van der Waals surface area contributed by atoms with Crippen LogP contribution in [0.25, 0.3) is 10.9 Å². The largest absolute Gasteiger partial charge is 0.358 e. The number of rotatable bonds is 5. The maximum Gasteiger partial charge on any atom is 0.358 e. The summed E-state index contributed by atoms with van der Waals surface area (Å²) in [5.41, 5.74) is 2.48. The van der Waals surface area contributed by atoms with Crippen molar-refractivity contribution in [3.05, 3.63) is 65.2 Å². The monoisotopic (exact) mass is 371 g/mol. The zero-order valence-corrected chi connectivity index (χ0v) is 15.1. The van der Waals surface area contributed by atoms with E-state index in [0.29, 0.717) is 17.2 Å². The molecule has 0 fully saturated rings. The SMILES string of the molecule is CC(=O)OS(=O)(=O)c1c(C=O)c2ccccc2n1Cc1ccc(C)cc1. The first-order valence-corrected chi connectivity index (χ1v) is 9.31. The normalized spacial score (nSPS) is 11.5. The molecule has 0 saturated carbocycles. The summed E-state index contributed by atoms with van der Waals surface area (Å²) in [6, 6.07) is 14.5. The van der Waals surface area contributed by atoms with Gasteiger partial charge in [0.1, 0.15) is 0 Å². The number of para-hydroxylation sites is 1. The van der Waals surface area contributed by atoms with Gasteiger partial charge in [-0.15, -0.1) is 0 Å². The summed E-state index contributed by atoms with van der Waals surface area (Å²) in [5.74, 6) is -0.964. The molecule has 7 heteroatoms. The van der Waals surface area contributed by atoms with Crippen molar-refractivity contribution in [3.63, 3.8) is 0 Å². The molecule has 0 saturated heterocycles. The van der Waals surface area contributed by atoms with E-state index in [1.165, 1.54) is 4.57 Å². The molecule has 1 heterocycles. The lowest BCUT2D eigenvalue weighted by Crippen LogP contribution is -2.17. The van der Waals surface area contributed by atoms with Crippen LogP contribution in [0, 0.1) is 6.92 Å². The van der Waals surface area contributed by atoms with Crippen LogP contribution in [-0.2, 0) is 25.6 Å². The lowest BCUT2D eigenvalue weighted by molar-refractivity contribution is -0.131. The van der Waals surface area contributed by atoms with Gasteiger partial charge >= 0.3 is 16.1 Å². The number of aromatic nitrogens is 1. The van der Waals surface area contributed by atoms with E-state index >= 15 is 0 Å². The molecule has 3 aromatic rings. The van der Waals surface area contributed by atoms with Gasteiger partial charge in [0.05, 0.1) is 11.1 Å². The standard InChI is InChI=1S/C19H17NO5S/c1-13-7-9-15(10-8-13)11-20-18-6-4-3-5-16(18)17(12-21)19(20)26(23,24)25-14(2)22/h3-10,12H,11H2,1-2H3. The molecule has 0 aliphatic carbocycles. The molecule has 0 atom stereocenters. The number of hydrogen-bond acceptors (Lipinski definition) is 5. The first-order chi connectivity index (χ1) is 12.3. The van der Waals surface area contributed by atoms with Crippen molar-refractivity contribution in [3.8, 4) is 0 Å². The molecule has 6 nitrogen and oxygen atoms in total. The van der Waals surface area contributed by atoms with E-state index in [-0.39, 0.29) is 17.1 Å². The molecule has 0 radical (unpaired) electrons. The highest BCUT2D eigenvalue weighted by atomic mass is 32.2. The highest BCUT2D eigenvalue weighted by molar-refractivity contribution is 7.87. The highest BCUT2D eigenvalue weighted by Gasteiger charge is 2.30. The third-order valence-electron chi connectivity index (χ3n) is 4.00. The molecular weight excluding hydrogens is 354 g/mol. The average molecular weight is 371 g/mol. The summed E-state index contributed by atoms with van der Waals surface area (Å²) in [6.45, 7) is 3.17. The number of aldehydes is 1. The average Bonchev–Trinajstić information content (AvgIpc) is 2.90. The van der Waals surface area contributed by atoms with Gasteiger partial charge in [0.2, 0.25) is 0 Å². The molecule has 0 aliphatic rings. The molecule has 134 valence electrons. The molecule has 0 aliphatic heterocycles. The van der Waals surface area contributed by atoms with Gasteiger partial charge in [0, 0.05) is 18.9 Å². The molecule has 2 aromatic carbocycles. The second-order valence-electron chi connectivity index (χ2n) is 5.95. The van der Waals surface area contributed by atoms with Gasteiger partial charge in [0.15, 0.2) is 11.3 Å². The number of fused-ring (bicyclic) bond motifs is 1. The first kappa shape index (κ1) is 17.9. The van der Waals surface area contributed by atoms with Crippen LogP contribution < -0.4 is 0 Å². The van der Waals surface area contributed by atoms with Gasteiger partial charge < -0.3 is 8.75 Å². The number of carbonyl (C=O) groups is 2. The first-order valence-electron chi connectivity index (χ1n) is 7.90. The van der Waals surface area contributed by atoms with Crippen LogP contribution in [0.2, 0.25) is 0 Å². The van der Waals surface area contributed by atoms with Crippen LogP contribution in [0.3, 0.4) is 0 Å². The van der Waals surface area contributed by atoms with Gasteiger partial charge in [-0.3, -0.25) is 9.59 Å². The Morgan fingerprint density at radius 2 is 1.77 bits per heavy atom. The fraction of sp³-hybridized carbons (Fsp3) is 0.158. The number of nitrogens with zero attached hydrogens (tertiary/aromatic N) is 1. The van der Waals surface area contributed by atoms with E-state index in [2.05, 4.69) is 4.18 Å². The van der Waals surface area contributed by atoms with E-state index in [9.17, 15) is 18.0 Å². The minimum absolute atomic E-state index is 0.0195.